The Labute approximate surface area is 157 Å². The minimum atomic E-state index is 0.299. The highest BCUT2D eigenvalue weighted by Crippen LogP contribution is 2.48. The molecule has 1 aromatic rings. The first-order valence-corrected chi connectivity index (χ1v) is 10.00. The molecule has 1 aliphatic carbocycles. The Morgan fingerprint density at radius 3 is 2.58 bits per heavy atom. The van der Waals surface area contributed by atoms with Crippen molar-refractivity contribution in [2.75, 3.05) is 39.9 Å². The fourth-order valence-electron chi connectivity index (χ4n) is 3.60. The second-order valence-corrected chi connectivity index (χ2v) is 7.47. The van der Waals surface area contributed by atoms with E-state index in [1.165, 1.54) is 12.8 Å². The molecule has 1 heterocycles. The fourth-order valence-corrected chi connectivity index (χ4v) is 3.60. The lowest BCUT2D eigenvalue weighted by molar-refractivity contribution is 0.125. The third kappa shape index (κ3) is 5.37. The van der Waals surface area contributed by atoms with Gasteiger partial charge >= 0.3 is 0 Å². The largest absolute Gasteiger partial charge is 0.490 e. The number of hydrogen-bond acceptors (Lipinski definition) is 3. The topological polar surface area (TPSA) is 46.1 Å². The van der Waals surface area contributed by atoms with Gasteiger partial charge < -0.3 is 19.7 Å². The first-order valence-electron chi connectivity index (χ1n) is 10.00. The quantitative estimate of drug-likeness (QED) is 0.439. The first-order chi connectivity index (χ1) is 12.7. The van der Waals surface area contributed by atoms with Crippen molar-refractivity contribution in [2.45, 2.75) is 45.1 Å². The number of rotatable bonds is 8. The fraction of sp³-hybridized carbons (Fsp3) is 0.667. The van der Waals surface area contributed by atoms with E-state index in [0.29, 0.717) is 11.5 Å². The molecule has 144 valence electrons. The molecule has 1 aliphatic heterocycles. The second-order valence-electron chi connectivity index (χ2n) is 7.47. The molecule has 1 aromatic carbocycles. The molecule has 5 nitrogen and oxygen atoms in total. The van der Waals surface area contributed by atoms with Gasteiger partial charge in [-0.15, -0.1) is 0 Å². The Balaban J connectivity index is 1.41. The van der Waals surface area contributed by atoms with Crippen LogP contribution in [0.4, 0.5) is 0 Å². The number of hydrogen-bond donors (Lipinski definition) is 1. The van der Waals surface area contributed by atoms with E-state index in [-0.39, 0.29) is 0 Å². The summed E-state index contributed by atoms with van der Waals surface area (Å²) in [4.78, 5) is 6.87. The zero-order valence-corrected chi connectivity index (χ0v) is 16.2. The molecule has 0 aromatic heterocycles. The number of piperidine rings is 1. The van der Waals surface area contributed by atoms with Gasteiger partial charge in [-0.05, 0) is 43.7 Å². The van der Waals surface area contributed by atoms with E-state index in [4.69, 9.17) is 9.47 Å². The maximum atomic E-state index is 6.10. The predicted molar refractivity (Wildman–Crippen MR) is 106 cm³/mol. The molecule has 5 heteroatoms. The van der Waals surface area contributed by atoms with Crippen LogP contribution in [0.25, 0.3) is 0 Å². The average molecular weight is 360 g/mol. The van der Waals surface area contributed by atoms with Gasteiger partial charge in [0.15, 0.2) is 5.96 Å². The lowest BCUT2D eigenvalue weighted by Gasteiger charge is -2.34. The van der Waals surface area contributed by atoms with E-state index in [0.717, 1.165) is 63.8 Å². The number of ether oxygens (including phenoxy) is 2. The van der Waals surface area contributed by atoms with Gasteiger partial charge in [0.1, 0.15) is 11.9 Å². The van der Waals surface area contributed by atoms with Crippen LogP contribution in [0.15, 0.2) is 35.3 Å². The summed E-state index contributed by atoms with van der Waals surface area (Å²) in [7, 11) is 1.88. The van der Waals surface area contributed by atoms with Crippen LogP contribution in [0, 0.1) is 5.41 Å². The molecule has 1 saturated carbocycles. The molecular formula is C21H33N3O2. The lowest BCUT2D eigenvalue weighted by atomic mass is 10.0. The third-order valence-electron chi connectivity index (χ3n) is 5.56. The molecule has 0 atom stereocenters. The molecule has 2 aliphatic rings. The SMILES string of the molecule is CCOCCC1(CNC(=NC)N2CCC(Oc3ccccc3)CC2)CC1. The molecule has 1 N–H and O–H groups in total. The smallest absolute Gasteiger partial charge is 0.193 e. The van der Waals surface area contributed by atoms with Crippen LogP contribution in [0.2, 0.25) is 0 Å². The van der Waals surface area contributed by atoms with E-state index in [9.17, 15) is 0 Å². The number of likely N-dealkylation sites (tertiary alicyclic amines) is 1. The standard InChI is InChI=1S/C21H33N3O2/c1-3-25-16-13-21(11-12-21)17-23-20(22-2)24-14-9-19(10-15-24)26-18-7-5-4-6-8-18/h4-8,19H,3,9-17H2,1-2H3,(H,22,23). The normalized spacial score (nSPS) is 20.1. The van der Waals surface area contributed by atoms with Gasteiger partial charge in [-0.2, -0.15) is 0 Å². The average Bonchev–Trinajstić information content (AvgIpc) is 3.45. The number of nitrogens with one attached hydrogen (secondary N) is 1. The van der Waals surface area contributed by atoms with Crippen molar-refractivity contribution in [3.63, 3.8) is 0 Å². The summed E-state index contributed by atoms with van der Waals surface area (Å²) < 4.78 is 11.6. The third-order valence-corrected chi connectivity index (χ3v) is 5.56. The van der Waals surface area contributed by atoms with Gasteiger partial charge in [0, 0.05) is 52.7 Å². The number of benzene rings is 1. The summed E-state index contributed by atoms with van der Waals surface area (Å²) in [5, 5.41) is 3.61. The van der Waals surface area contributed by atoms with Gasteiger partial charge in [-0.3, -0.25) is 4.99 Å². The molecule has 0 bridgehead atoms. The van der Waals surface area contributed by atoms with E-state index in [1.54, 1.807) is 0 Å². The van der Waals surface area contributed by atoms with Crippen molar-refractivity contribution in [1.29, 1.82) is 0 Å². The Bertz CT molecular complexity index is 564. The molecule has 0 spiro atoms. The lowest BCUT2D eigenvalue weighted by Crippen LogP contribution is -2.48. The molecule has 2 fully saturated rings. The van der Waals surface area contributed by atoms with Crippen LogP contribution in [0.1, 0.15) is 39.0 Å². The Kier molecular flexibility index (Phi) is 6.78. The van der Waals surface area contributed by atoms with Crippen molar-refractivity contribution < 1.29 is 9.47 Å². The zero-order chi connectivity index (χ0) is 18.2. The summed E-state index contributed by atoms with van der Waals surface area (Å²) in [5.41, 5.74) is 0.430. The number of nitrogens with zero attached hydrogens (tertiary/aromatic N) is 2. The van der Waals surface area contributed by atoms with Crippen LogP contribution >= 0.6 is 0 Å². The van der Waals surface area contributed by atoms with E-state index in [1.807, 2.05) is 37.4 Å². The van der Waals surface area contributed by atoms with Crippen LogP contribution in [-0.2, 0) is 4.74 Å². The summed E-state index contributed by atoms with van der Waals surface area (Å²) in [6.45, 7) is 6.73. The maximum absolute atomic E-state index is 6.10. The van der Waals surface area contributed by atoms with Crippen LogP contribution in [0.5, 0.6) is 5.75 Å². The maximum Gasteiger partial charge on any atom is 0.193 e. The van der Waals surface area contributed by atoms with Gasteiger partial charge in [0.2, 0.25) is 0 Å². The highest BCUT2D eigenvalue weighted by Gasteiger charge is 2.42. The van der Waals surface area contributed by atoms with Crippen molar-refractivity contribution in [1.82, 2.24) is 10.2 Å². The van der Waals surface area contributed by atoms with Crippen molar-refractivity contribution >= 4 is 5.96 Å². The zero-order valence-electron chi connectivity index (χ0n) is 16.2. The van der Waals surface area contributed by atoms with E-state index < -0.39 is 0 Å². The van der Waals surface area contributed by atoms with Gasteiger partial charge in [0.05, 0.1) is 0 Å². The van der Waals surface area contributed by atoms with Gasteiger partial charge in [0.25, 0.3) is 0 Å². The van der Waals surface area contributed by atoms with E-state index >= 15 is 0 Å². The molecular weight excluding hydrogens is 326 g/mol. The highest BCUT2D eigenvalue weighted by molar-refractivity contribution is 5.80. The molecule has 3 rings (SSSR count). The molecule has 26 heavy (non-hydrogen) atoms. The van der Waals surface area contributed by atoms with Crippen molar-refractivity contribution in [2.24, 2.45) is 10.4 Å². The molecule has 1 saturated heterocycles. The van der Waals surface area contributed by atoms with Gasteiger partial charge in [-0.1, -0.05) is 18.2 Å². The Morgan fingerprint density at radius 1 is 1.23 bits per heavy atom. The summed E-state index contributed by atoms with van der Waals surface area (Å²) in [5.74, 6) is 2.00. The second kappa shape index (κ2) is 9.26. The highest BCUT2D eigenvalue weighted by atomic mass is 16.5. The monoisotopic (exact) mass is 359 g/mol. The summed E-state index contributed by atoms with van der Waals surface area (Å²) in [6.07, 6.45) is 6.12. The number of aliphatic imine (C=N–C) groups is 1. The predicted octanol–water partition coefficient (Wildman–Crippen LogP) is 3.31. The molecule has 0 radical (unpaired) electrons. The molecule has 0 amide bonds. The number of para-hydroxylation sites is 1. The van der Waals surface area contributed by atoms with Crippen LogP contribution in [0.3, 0.4) is 0 Å². The molecule has 0 unspecified atom stereocenters. The van der Waals surface area contributed by atoms with Gasteiger partial charge in [-0.25, -0.2) is 0 Å². The summed E-state index contributed by atoms with van der Waals surface area (Å²) >= 11 is 0. The number of guanidine groups is 1. The van der Waals surface area contributed by atoms with Crippen molar-refractivity contribution in [3.05, 3.63) is 30.3 Å². The van der Waals surface area contributed by atoms with E-state index in [2.05, 4.69) is 22.1 Å². The Hall–Kier alpha value is -1.75. The van der Waals surface area contributed by atoms with Crippen LogP contribution < -0.4 is 10.1 Å². The van der Waals surface area contributed by atoms with Crippen molar-refractivity contribution in [3.8, 4) is 5.75 Å². The minimum Gasteiger partial charge on any atom is -0.490 e. The first kappa shape index (κ1) is 19.0. The van der Waals surface area contributed by atoms with Crippen LogP contribution in [-0.4, -0.2) is 56.9 Å². The minimum absolute atomic E-state index is 0.299. The summed E-state index contributed by atoms with van der Waals surface area (Å²) in [6, 6.07) is 10.1. The Morgan fingerprint density at radius 2 is 1.96 bits per heavy atom.